The molecule has 0 aromatic heterocycles. The maximum Gasteiger partial charge on any atom is 0.279 e. The second kappa shape index (κ2) is 10.3. The number of methoxy groups -OCH3 is 1. The van der Waals surface area contributed by atoms with Gasteiger partial charge >= 0.3 is 0 Å². The molecule has 2 aromatic rings. The molecule has 0 bridgehead atoms. The number of para-hydroxylation sites is 1. The molecule has 1 aliphatic heterocycles. The SMILES string of the molecule is COc1ccc(C)cc1/C=C/C(=O)N1CC[NH+](CC(=O)Nc2c(C)cccc2C)CC1. The molecule has 3 rings (SSSR count). The Balaban J connectivity index is 1.50. The summed E-state index contributed by atoms with van der Waals surface area (Å²) in [6, 6.07) is 11.9. The number of benzene rings is 2. The first-order chi connectivity index (χ1) is 14.9. The van der Waals surface area contributed by atoms with Gasteiger partial charge in [-0.2, -0.15) is 0 Å². The molecule has 0 spiro atoms. The van der Waals surface area contributed by atoms with E-state index in [4.69, 9.17) is 4.74 Å². The number of nitrogens with zero attached hydrogens (tertiary/aromatic N) is 1. The number of amides is 2. The van der Waals surface area contributed by atoms with E-state index in [0.29, 0.717) is 19.6 Å². The molecule has 2 N–H and O–H groups in total. The van der Waals surface area contributed by atoms with Crippen molar-refractivity contribution in [1.82, 2.24) is 4.90 Å². The molecule has 164 valence electrons. The minimum atomic E-state index is -0.0115. The minimum absolute atomic E-state index is 0.0115. The molecule has 1 heterocycles. The normalized spacial score (nSPS) is 14.6. The Morgan fingerprint density at radius 3 is 2.42 bits per heavy atom. The van der Waals surface area contributed by atoms with Crippen molar-refractivity contribution in [3.63, 3.8) is 0 Å². The van der Waals surface area contributed by atoms with Crippen molar-refractivity contribution < 1.29 is 19.2 Å². The summed E-state index contributed by atoms with van der Waals surface area (Å²) in [6.07, 6.45) is 3.42. The van der Waals surface area contributed by atoms with Crippen LogP contribution in [0.2, 0.25) is 0 Å². The zero-order valence-corrected chi connectivity index (χ0v) is 18.8. The van der Waals surface area contributed by atoms with Crippen LogP contribution in [0.15, 0.2) is 42.5 Å². The molecule has 1 fully saturated rings. The van der Waals surface area contributed by atoms with E-state index in [1.54, 1.807) is 13.2 Å². The molecule has 2 aromatic carbocycles. The second-order valence-corrected chi connectivity index (χ2v) is 8.15. The van der Waals surface area contributed by atoms with Crippen LogP contribution >= 0.6 is 0 Å². The van der Waals surface area contributed by atoms with Gasteiger partial charge in [-0.05, 0) is 50.1 Å². The molecule has 0 radical (unpaired) electrons. The van der Waals surface area contributed by atoms with Crippen LogP contribution in [0.3, 0.4) is 0 Å². The predicted octanol–water partition coefficient (Wildman–Crippen LogP) is 2.00. The third kappa shape index (κ3) is 5.95. The molecule has 2 amide bonds. The summed E-state index contributed by atoms with van der Waals surface area (Å²) >= 11 is 0. The van der Waals surface area contributed by atoms with Crippen LogP contribution in [0.5, 0.6) is 5.75 Å². The Bertz CT molecular complexity index is 956. The largest absolute Gasteiger partial charge is 0.496 e. The standard InChI is InChI=1S/C25H31N3O3/c1-18-8-10-22(31-4)21(16-18)9-11-24(30)28-14-12-27(13-15-28)17-23(29)26-25-19(2)6-5-7-20(25)3/h5-11,16H,12-15,17H2,1-4H3,(H,26,29)/p+1/b11-9+. The lowest BCUT2D eigenvalue weighted by molar-refractivity contribution is -0.895. The van der Waals surface area contributed by atoms with Crippen molar-refractivity contribution in [3.05, 3.63) is 64.7 Å². The molecule has 0 unspecified atom stereocenters. The minimum Gasteiger partial charge on any atom is -0.496 e. The number of hydrogen-bond acceptors (Lipinski definition) is 3. The number of ether oxygens (including phenoxy) is 1. The molecule has 6 heteroatoms. The highest BCUT2D eigenvalue weighted by atomic mass is 16.5. The van der Waals surface area contributed by atoms with Crippen molar-refractivity contribution in [2.45, 2.75) is 20.8 Å². The molecule has 0 aliphatic carbocycles. The van der Waals surface area contributed by atoms with Crippen LogP contribution in [-0.2, 0) is 9.59 Å². The summed E-state index contributed by atoms with van der Waals surface area (Å²) in [5.74, 6) is 0.750. The summed E-state index contributed by atoms with van der Waals surface area (Å²) in [4.78, 5) is 28.2. The van der Waals surface area contributed by atoms with E-state index in [9.17, 15) is 9.59 Å². The Kier molecular flexibility index (Phi) is 7.47. The van der Waals surface area contributed by atoms with Gasteiger partial charge in [-0.25, -0.2) is 0 Å². The Morgan fingerprint density at radius 2 is 1.77 bits per heavy atom. The van der Waals surface area contributed by atoms with E-state index in [1.165, 1.54) is 4.90 Å². The average molecular weight is 423 g/mol. The lowest BCUT2D eigenvalue weighted by Gasteiger charge is -2.31. The van der Waals surface area contributed by atoms with Crippen molar-refractivity contribution in [2.75, 3.05) is 45.2 Å². The van der Waals surface area contributed by atoms with Gasteiger partial charge in [0.15, 0.2) is 6.54 Å². The van der Waals surface area contributed by atoms with Crippen molar-refractivity contribution in [3.8, 4) is 5.75 Å². The summed E-state index contributed by atoms with van der Waals surface area (Å²) < 4.78 is 5.37. The Hall–Kier alpha value is -3.12. The molecular weight excluding hydrogens is 390 g/mol. The lowest BCUT2D eigenvalue weighted by atomic mass is 10.1. The Morgan fingerprint density at radius 1 is 1.10 bits per heavy atom. The summed E-state index contributed by atoms with van der Waals surface area (Å²) in [7, 11) is 1.63. The van der Waals surface area contributed by atoms with Crippen LogP contribution in [0, 0.1) is 20.8 Å². The van der Waals surface area contributed by atoms with Crippen LogP contribution in [0.1, 0.15) is 22.3 Å². The first kappa shape index (κ1) is 22.6. The number of quaternary nitrogens is 1. The van der Waals surface area contributed by atoms with Crippen LogP contribution in [-0.4, -0.2) is 56.5 Å². The van der Waals surface area contributed by atoms with Gasteiger partial charge in [-0.15, -0.1) is 0 Å². The van der Waals surface area contributed by atoms with Gasteiger partial charge in [0.1, 0.15) is 5.75 Å². The smallest absolute Gasteiger partial charge is 0.279 e. The van der Waals surface area contributed by atoms with Gasteiger partial charge in [-0.3, -0.25) is 9.59 Å². The highest BCUT2D eigenvalue weighted by Gasteiger charge is 2.24. The number of carbonyl (C=O) groups excluding carboxylic acids is 2. The van der Waals surface area contributed by atoms with E-state index >= 15 is 0 Å². The zero-order valence-electron chi connectivity index (χ0n) is 18.8. The van der Waals surface area contributed by atoms with E-state index in [0.717, 1.165) is 46.8 Å². The van der Waals surface area contributed by atoms with E-state index < -0.39 is 0 Å². The van der Waals surface area contributed by atoms with Crippen molar-refractivity contribution in [2.24, 2.45) is 0 Å². The Labute approximate surface area is 184 Å². The predicted molar refractivity (Wildman–Crippen MR) is 123 cm³/mol. The van der Waals surface area contributed by atoms with E-state index in [1.807, 2.05) is 68.1 Å². The van der Waals surface area contributed by atoms with Crippen LogP contribution in [0.4, 0.5) is 5.69 Å². The van der Waals surface area contributed by atoms with Crippen LogP contribution in [0.25, 0.3) is 6.08 Å². The molecule has 31 heavy (non-hydrogen) atoms. The lowest BCUT2D eigenvalue weighted by Crippen LogP contribution is -3.15. The second-order valence-electron chi connectivity index (χ2n) is 8.15. The van der Waals surface area contributed by atoms with Crippen molar-refractivity contribution >= 4 is 23.6 Å². The molecule has 6 nitrogen and oxygen atoms in total. The highest BCUT2D eigenvalue weighted by Crippen LogP contribution is 2.21. The number of piperazine rings is 1. The zero-order chi connectivity index (χ0) is 22.4. The van der Waals surface area contributed by atoms with Gasteiger partial charge in [0.2, 0.25) is 5.91 Å². The summed E-state index contributed by atoms with van der Waals surface area (Å²) in [6.45, 7) is 9.21. The van der Waals surface area contributed by atoms with Gasteiger partial charge in [0, 0.05) is 17.3 Å². The number of carbonyl (C=O) groups is 2. The first-order valence-electron chi connectivity index (χ1n) is 10.7. The monoisotopic (exact) mass is 422 g/mol. The van der Waals surface area contributed by atoms with Gasteiger partial charge in [-0.1, -0.05) is 29.8 Å². The topological polar surface area (TPSA) is 63.1 Å². The fourth-order valence-corrected chi connectivity index (χ4v) is 3.89. The highest BCUT2D eigenvalue weighted by molar-refractivity contribution is 5.93. The quantitative estimate of drug-likeness (QED) is 0.700. The first-order valence-corrected chi connectivity index (χ1v) is 10.7. The summed E-state index contributed by atoms with van der Waals surface area (Å²) in [5.41, 5.74) is 5.04. The summed E-state index contributed by atoms with van der Waals surface area (Å²) in [5, 5.41) is 3.05. The number of hydrogen-bond donors (Lipinski definition) is 2. The fraction of sp³-hybridized carbons (Fsp3) is 0.360. The van der Waals surface area contributed by atoms with E-state index in [2.05, 4.69) is 5.32 Å². The number of aryl methyl sites for hydroxylation is 3. The molecule has 1 aliphatic rings. The molecule has 0 atom stereocenters. The third-order valence-corrected chi connectivity index (χ3v) is 5.73. The average Bonchev–Trinajstić information content (AvgIpc) is 2.75. The maximum atomic E-state index is 12.6. The van der Waals surface area contributed by atoms with Crippen LogP contribution < -0.4 is 15.0 Å². The molecular formula is C25H32N3O3+. The maximum absolute atomic E-state index is 12.6. The number of nitrogens with one attached hydrogen (secondary N) is 2. The third-order valence-electron chi connectivity index (χ3n) is 5.73. The van der Waals surface area contributed by atoms with Gasteiger partial charge in [0.05, 0.1) is 33.3 Å². The van der Waals surface area contributed by atoms with Gasteiger partial charge in [0.25, 0.3) is 5.91 Å². The molecule has 1 saturated heterocycles. The fourth-order valence-electron chi connectivity index (χ4n) is 3.89. The number of anilines is 1. The molecule has 0 saturated carbocycles. The van der Waals surface area contributed by atoms with Crippen molar-refractivity contribution in [1.29, 1.82) is 0 Å². The van der Waals surface area contributed by atoms with E-state index in [-0.39, 0.29) is 11.8 Å². The van der Waals surface area contributed by atoms with Gasteiger partial charge < -0.3 is 19.9 Å². The number of rotatable bonds is 6.